The van der Waals surface area contributed by atoms with Crippen molar-refractivity contribution in [2.75, 3.05) is 26.2 Å². The van der Waals surface area contributed by atoms with Gasteiger partial charge in [-0.1, -0.05) is 18.2 Å². The zero-order chi connectivity index (χ0) is 19.3. The van der Waals surface area contributed by atoms with Gasteiger partial charge in [-0.3, -0.25) is 9.69 Å². The van der Waals surface area contributed by atoms with Crippen molar-refractivity contribution in [1.29, 1.82) is 0 Å². The lowest BCUT2D eigenvalue weighted by atomic mass is 10.2. The molecule has 0 unspecified atom stereocenters. The maximum atomic E-state index is 13.6. The van der Waals surface area contributed by atoms with Crippen LogP contribution in [0.5, 0.6) is 5.75 Å². The zero-order valence-corrected chi connectivity index (χ0v) is 17.0. The number of piperazine rings is 1. The number of hydrogen-bond acceptors (Lipinski definition) is 5. The van der Waals surface area contributed by atoms with Gasteiger partial charge in [-0.15, -0.1) is 22.7 Å². The van der Waals surface area contributed by atoms with Crippen LogP contribution in [0.2, 0.25) is 0 Å². The molecule has 0 radical (unpaired) electrons. The summed E-state index contributed by atoms with van der Waals surface area (Å²) in [5.41, 5.74) is 0.882. The molecule has 1 aliphatic rings. The van der Waals surface area contributed by atoms with Crippen molar-refractivity contribution in [3.63, 3.8) is 0 Å². The minimum absolute atomic E-state index is 0.0675. The fourth-order valence-electron chi connectivity index (χ4n) is 3.17. The van der Waals surface area contributed by atoms with Gasteiger partial charge < -0.3 is 9.64 Å². The second kappa shape index (κ2) is 8.86. The predicted molar refractivity (Wildman–Crippen MR) is 111 cm³/mol. The van der Waals surface area contributed by atoms with E-state index in [0.29, 0.717) is 4.88 Å². The van der Waals surface area contributed by atoms with Crippen molar-refractivity contribution in [1.82, 2.24) is 9.80 Å². The van der Waals surface area contributed by atoms with Crippen molar-refractivity contribution in [3.8, 4) is 5.75 Å². The number of amides is 1. The van der Waals surface area contributed by atoms with Gasteiger partial charge in [0, 0.05) is 43.2 Å². The molecule has 2 aromatic heterocycles. The van der Waals surface area contributed by atoms with Crippen LogP contribution in [-0.2, 0) is 13.2 Å². The third-order valence-electron chi connectivity index (χ3n) is 4.71. The van der Waals surface area contributed by atoms with Crippen LogP contribution >= 0.6 is 22.7 Å². The summed E-state index contributed by atoms with van der Waals surface area (Å²) in [6.07, 6.45) is 0. The second-order valence-corrected chi connectivity index (χ2v) is 8.63. The monoisotopic (exact) mass is 416 g/mol. The number of carbonyl (C=O) groups excluding carboxylic acids is 1. The van der Waals surface area contributed by atoms with Gasteiger partial charge in [0.15, 0.2) is 11.6 Å². The highest BCUT2D eigenvalue weighted by Crippen LogP contribution is 2.22. The smallest absolute Gasteiger partial charge is 0.264 e. The number of benzene rings is 1. The van der Waals surface area contributed by atoms with E-state index >= 15 is 0 Å². The van der Waals surface area contributed by atoms with Crippen LogP contribution in [0, 0.1) is 5.82 Å². The summed E-state index contributed by atoms with van der Waals surface area (Å²) in [6, 6.07) is 12.4. The lowest BCUT2D eigenvalue weighted by Crippen LogP contribution is -2.48. The number of nitrogens with zero attached hydrogens (tertiary/aromatic N) is 2. The molecule has 3 aromatic rings. The maximum Gasteiger partial charge on any atom is 0.264 e. The highest BCUT2D eigenvalue weighted by molar-refractivity contribution is 7.12. The van der Waals surface area contributed by atoms with Gasteiger partial charge in [-0.25, -0.2) is 4.39 Å². The van der Waals surface area contributed by atoms with Crippen LogP contribution in [0.15, 0.2) is 53.2 Å². The van der Waals surface area contributed by atoms with E-state index < -0.39 is 0 Å². The van der Waals surface area contributed by atoms with Gasteiger partial charge in [0.2, 0.25) is 0 Å². The third kappa shape index (κ3) is 4.60. The molecule has 1 aromatic carbocycles. The summed E-state index contributed by atoms with van der Waals surface area (Å²) in [7, 11) is 0. The third-order valence-corrected chi connectivity index (χ3v) is 6.54. The maximum absolute atomic E-state index is 13.6. The molecule has 146 valence electrons. The average Bonchev–Trinajstić information content (AvgIpc) is 3.39. The molecule has 1 fully saturated rings. The van der Waals surface area contributed by atoms with Crippen LogP contribution in [0.1, 0.15) is 20.1 Å². The number of rotatable bonds is 6. The van der Waals surface area contributed by atoms with E-state index in [-0.39, 0.29) is 24.1 Å². The first kappa shape index (κ1) is 19.1. The fourth-order valence-corrected chi connectivity index (χ4v) is 4.78. The molecule has 4 rings (SSSR count). The summed E-state index contributed by atoms with van der Waals surface area (Å²) >= 11 is 3.19. The van der Waals surface area contributed by atoms with Gasteiger partial charge in [-0.05, 0) is 35.0 Å². The fraction of sp³-hybridized carbons (Fsp3) is 0.286. The van der Waals surface area contributed by atoms with E-state index in [0.717, 1.165) is 38.3 Å². The largest absolute Gasteiger partial charge is 0.486 e. The van der Waals surface area contributed by atoms with Crippen molar-refractivity contribution in [2.45, 2.75) is 13.2 Å². The minimum atomic E-state index is -0.380. The molecule has 0 saturated carbocycles. The highest BCUT2D eigenvalue weighted by Gasteiger charge is 2.23. The Hall–Kier alpha value is -2.22. The summed E-state index contributed by atoms with van der Waals surface area (Å²) in [4.78, 5) is 19.2. The van der Waals surface area contributed by atoms with Gasteiger partial charge in [0.25, 0.3) is 5.91 Å². The standard InChI is InChI=1S/C21H21FN2O2S2/c22-18-5-1-2-6-19(18)26-14-16-12-20(28-15-16)21(25)24-9-7-23(8-10-24)13-17-4-3-11-27-17/h1-6,11-12,15H,7-10,13-14H2. The molecule has 0 spiro atoms. The molecule has 0 N–H and O–H groups in total. The van der Waals surface area contributed by atoms with Gasteiger partial charge in [0.05, 0.1) is 4.88 Å². The molecule has 1 saturated heterocycles. The molecule has 0 bridgehead atoms. The summed E-state index contributed by atoms with van der Waals surface area (Å²) < 4.78 is 19.2. The molecule has 1 amide bonds. The molecule has 4 nitrogen and oxygen atoms in total. The van der Waals surface area contributed by atoms with E-state index in [9.17, 15) is 9.18 Å². The summed E-state index contributed by atoms with van der Waals surface area (Å²) in [5, 5.41) is 4.00. The van der Waals surface area contributed by atoms with E-state index in [1.54, 1.807) is 29.5 Å². The van der Waals surface area contributed by atoms with Gasteiger partial charge in [0.1, 0.15) is 6.61 Å². The van der Waals surface area contributed by atoms with E-state index in [4.69, 9.17) is 4.74 Å². The van der Waals surface area contributed by atoms with E-state index in [2.05, 4.69) is 22.4 Å². The first-order valence-corrected chi connectivity index (χ1v) is 10.9. The highest BCUT2D eigenvalue weighted by atomic mass is 32.1. The van der Waals surface area contributed by atoms with Crippen molar-refractivity contribution in [2.24, 2.45) is 0 Å². The minimum Gasteiger partial charge on any atom is -0.486 e. The van der Waals surface area contributed by atoms with Gasteiger partial charge >= 0.3 is 0 Å². The van der Waals surface area contributed by atoms with Crippen LogP contribution in [0.25, 0.3) is 0 Å². The molecule has 0 atom stereocenters. The molecule has 1 aliphatic heterocycles. The van der Waals surface area contributed by atoms with Crippen LogP contribution in [-0.4, -0.2) is 41.9 Å². The Labute approximate surface area is 171 Å². The van der Waals surface area contributed by atoms with Gasteiger partial charge in [-0.2, -0.15) is 0 Å². The van der Waals surface area contributed by atoms with Crippen LogP contribution in [0.3, 0.4) is 0 Å². The SMILES string of the molecule is O=C(c1cc(COc2ccccc2F)cs1)N1CCN(Cc2cccs2)CC1. The van der Waals surface area contributed by atoms with Crippen molar-refractivity contribution < 1.29 is 13.9 Å². The molecular weight excluding hydrogens is 395 g/mol. The molecule has 28 heavy (non-hydrogen) atoms. The Morgan fingerprint density at radius 1 is 1.07 bits per heavy atom. The number of hydrogen-bond donors (Lipinski definition) is 0. The number of halogens is 1. The summed E-state index contributed by atoms with van der Waals surface area (Å²) in [5.74, 6) is -0.0872. The van der Waals surface area contributed by atoms with Crippen LogP contribution in [0.4, 0.5) is 4.39 Å². The topological polar surface area (TPSA) is 32.8 Å². The second-order valence-electron chi connectivity index (χ2n) is 6.69. The average molecular weight is 417 g/mol. The molecule has 3 heterocycles. The molecule has 0 aliphatic carbocycles. The number of para-hydroxylation sites is 1. The Bertz CT molecular complexity index is 918. The van der Waals surface area contributed by atoms with E-state index in [1.807, 2.05) is 16.3 Å². The summed E-state index contributed by atoms with van der Waals surface area (Å²) in [6.45, 7) is 4.46. The zero-order valence-electron chi connectivity index (χ0n) is 15.3. The Morgan fingerprint density at radius 3 is 2.64 bits per heavy atom. The predicted octanol–water partition coefficient (Wildman–Crippen LogP) is 4.49. The molecule has 7 heteroatoms. The molecular formula is C21H21FN2O2S2. The van der Waals surface area contributed by atoms with E-state index in [1.165, 1.54) is 22.3 Å². The van der Waals surface area contributed by atoms with Crippen molar-refractivity contribution in [3.05, 3.63) is 74.4 Å². The number of thiophene rings is 2. The normalized spacial score (nSPS) is 15.0. The first-order chi connectivity index (χ1) is 13.7. The number of carbonyl (C=O) groups is 1. The Morgan fingerprint density at radius 2 is 1.89 bits per heavy atom. The van der Waals surface area contributed by atoms with Crippen molar-refractivity contribution >= 4 is 28.6 Å². The first-order valence-electron chi connectivity index (χ1n) is 9.18. The lowest BCUT2D eigenvalue weighted by molar-refractivity contribution is 0.0634. The Balaban J connectivity index is 1.29. The quantitative estimate of drug-likeness (QED) is 0.594. The van der Waals surface area contributed by atoms with Crippen LogP contribution < -0.4 is 4.74 Å². The number of ether oxygens (including phenoxy) is 1. The lowest BCUT2D eigenvalue weighted by Gasteiger charge is -2.34. The Kier molecular flexibility index (Phi) is 6.04.